The molecule has 1 aromatic heterocycles. The highest BCUT2D eigenvalue weighted by Crippen LogP contribution is 2.05. The van der Waals surface area contributed by atoms with Crippen LogP contribution < -0.4 is 0 Å². The van der Waals surface area contributed by atoms with E-state index in [0.717, 1.165) is 17.7 Å². The number of H-pyrrole nitrogens is 1. The normalized spacial score (nSPS) is 10.1. The summed E-state index contributed by atoms with van der Waals surface area (Å²) >= 11 is 0. The first-order valence-electron chi connectivity index (χ1n) is 4.02. The Kier molecular flexibility index (Phi) is 2.91. The van der Waals surface area contributed by atoms with Crippen LogP contribution in [-0.4, -0.2) is 16.1 Å². The van der Waals surface area contributed by atoms with Gasteiger partial charge in [0.1, 0.15) is 0 Å². The average molecular weight is 166 g/mol. The molecule has 0 unspecified atom stereocenters. The SMILES string of the molecule is CCc1cc(CCC(=O)O)[c][nH]1. The van der Waals surface area contributed by atoms with Gasteiger partial charge in [0.2, 0.25) is 0 Å². The number of aromatic amines is 1. The van der Waals surface area contributed by atoms with E-state index in [1.807, 2.05) is 13.0 Å². The molecule has 1 aromatic rings. The summed E-state index contributed by atoms with van der Waals surface area (Å²) in [6.07, 6.45) is 4.60. The molecule has 1 rings (SSSR count). The van der Waals surface area contributed by atoms with Crippen molar-refractivity contribution in [3.8, 4) is 0 Å². The van der Waals surface area contributed by atoms with Crippen LogP contribution in [0.1, 0.15) is 24.6 Å². The monoisotopic (exact) mass is 166 g/mol. The molecule has 0 aromatic carbocycles. The second-order valence-electron chi connectivity index (χ2n) is 2.69. The van der Waals surface area contributed by atoms with Crippen molar-refractivity contribution in [2.24, 2.45) is 0 Å². The van der Waals surface area contributed by atoms with Crippen molar-refractivity contribution >= 4 is 5.97 Å². The lowest BCUT2D eigenvalue weighted by Gasteiger charge is -1.90. The third-order valence-electron chi connectivity index (χ3n) is 1.72. The largest absolute Gasteiger partial charge is 0.481 e. The van der Waals surface area contributed by atoms with Crippen molar-refractivity contribution in [2.75, 3.05) is 0 Å². The van der Waals surface area contributed by atoms with Crippen LogP contribution in [0, 0.1) is 6.20 Å². The van der Waals surface area contributed by atoms with Crippen molar-refractivity contribution in [2.45, 2.75) is 26.2 Å². The highest BCUT2D eigenvalue weighted by molar-refractivity contribution is 5.67. The van der Waals surface area contributed by atoms with Crippen molar-refractivity contribution in [1.82, 2.24) is 4.98 Å². The zero-order valence-electron chi connectivity index (χ0n) is 7.05. The van der Waals surface area contributed by atoms with Crippen LogP contribution in [0.4, 0.5) is 0 Å². The third-order valence-corrected chi connectivity index (χ3v) is 1.72. The van der Waals surface area contributed by atoms with Gasteiger partial charge in [0.15, 0.2) is 0 Å². The van der Waals surface area contributed by atoms with E-state index in [1.165, 1.54) is 0 Å². The molecule has 0 saturated heterocycles. The van der Waals surface area contributed by atoms with Gasteiger partial charge in [-0.2, -0.15) is 0 Å². The van der Waals surface area contributed by atoms with Crippen molar-refractivity contribution in [1.29, 1.82) is 0 Å². The number of hydrogen-bond donors (Lipinski definition) is 2. The van der Waals surface area contributed by atoms with E-state index >= 15 is 0 Å². The summed E-state index contributed by atoms with van der Waals surface area (Å²) in [5.41, 5.74) is 2.06. The minimum Gasteiger partial charge on any atom is -0.481 e. The summed E-state index contributed by atoms with van der Waals surface area (Å²) in [6.45, 7) is 2.04. The number of rotatable bonds is 4. The number of carbonyl (C=O) groups is 1. The van der Waals surface area contributed by atoms with Gasteiger partial charge in [-0.25, -0.2) is 0 Å². The highest BCUT2D eigenvalue weighted by Gasteiger charge is 2.01. The molecule has 12 heavy (non-hydrogen) atoms. The molecule has 1 heterocycles. The molecule has 0 aliphatic rings. The molecule has 65 valence electrons. The van der Waals surface area contributed by atoms with Crippen LogP contribution in [0.2, 0.25) is 0 Å². The molecular weight excluding hydrogens is 154 g/mol. The number of carboxylic acids is 1. The fourth-order valence-electron chi connectivity index (χ4n) is 1.01. The van der Waals surface area contributed by atoms with Crippen LogP contribution >= 0.6 is 0 Å². The minimum absolute atomic E-state index is 0.178. The van der Waals surface area contributed by atoms with Crippen LogP contribution in [0.5, 0.6) is 0 Å². The average Bonchev–Trinajstić information content (AvgIpc) is 2.48. The van der Waals surface area contributed by atoms with Crippen LogP contribution in [0.3, 0.4) is 0 Å². The molecule has 0 fully saturated rings. The Hall–Kier alpha value is -1.25. The van der Waals surface area contributed by atoms with Gasteiger partial charge in [-0.3, -0.25) is 4.79 Å². The van der Waals surface area contributed by atoms with Crippen LogP contribution in [0.25, 0.3) is 0 Å². The Balaban J connectivity index is 2.47. The molecule has 0 saturated carbocycles. The van der Waals surface area contributed by atoms with E-state index < -0.39 is 5.97 Å². The Bertz CT molecular complexity index is 265. The number of aliphatic carboxylic acids is 1. The van der Waals surface area contributed by atoms with E-state index in [2.05, 4.69) is 11.2 Å². The fourth-order valence-corrected chi connectivity index (χ4v) is 1.01. The van der Waals surface area contributed by atoms with Gasteiger partial charge < -0.3 is 10.1 Å². The minimum atomic E-state index is -0.761. The molecule has 3 heteroatoms. The second kappa shape index (κ2) is 3.95. The smallest absolute Gasteiger partial charge is 0.303 e. The first kappa shape index (κ1) is 8.84. The molecule has 0 spiro atoms. The Morgan fingerprint density at radius 1 is 1.75 bits per heavy atom. The molecule has 0 atom stereocenters. The van der Waals surface area contributed by atoms with Crippen LogP contribution in [0.15, 0.2) is 6.07 Å². The molecule has 0 aliphatic carbocycles. The summed E-state index contributed by atoms with van der Waals surface area (Å²) in [4.78, 5) is 13.2. The van der Waals surface area contributed by atoms with E-state index in [0.29, 0.717) is 6.42 Å². The maximum atomic E-state index is 10.2. The van der Waals surface area contributed by atoms with Gasteiger partial charge in [0.05, 0.1) is 6.20 Å². The lowest BCUT2D eigenvalue weighted by Crippen LogP contribution is -1.96. The predicted molar refractivity (Wildman–Crippen MR) is 45.0 cm³/mol. The summed E-state index contributed by atoms with van der Waals surface area (Å²) < 4.78 is 0. The van der Waals surface area contributed by atoms with Crippen LogP contribution in [-0.2, 0) is 17.6 Å². The van der Waals surface area contributed by atoms with Gasteiger partial charge in [0.25, 0.3) is 0 Å². The first-order valence-corrected chi connectivity index (χ1v) is 4.02. The Labute approximate surface area is 71.4 Å². The highest BCUT2D eigenvalue weighted by atomic mass is 16.4. The topological polar surface area (TPSA) is 53.1 Å². The van der Waals surface area contributed by atoms with Gasteiger partial charge in [-0.1, -0.05) is 6.92 Å². The molecule has 1 radical (unpaired) electrons. The second-order valence-corrected chi connectivity index (χ2v) is 2.69. The summed E-state index contributed by atoms with van der Waals surface area (Å²) in [5.74, 6) is -0.761. The molecule has 0 aliphatic heterocycles. The van der Waals surface area contributed by atoms with Gasteiger partial charge >= 0.3 is 5.97 Å². The number of carboxylic acid groups (broad SMARTS) is 1. The zero-order chi connectivity index (χ0) is 8.97. The lowest BCUT2D eigenvalue weighted by molar-refractivity contribution is -0.136. The Morgan fingerprint density at radius 3 is 3.00 bits per heavy atom. The summed E-state index contributed by atoms with van der Waals surface area (Å²) in [6, 6.07) is 1.96. The van der Waals surface area contributed by atoms with Gasteiger partial charge in [0, 0.05) is 12.1 Å². The maximum Gasteiger partial charge on any atom is 0.303 e. The summed E-state index contributed by atoms with van der Waals surface area (Å²) in [7, 11) is 0. The van der Waals surface area contributed by atoms with E-state index in [-0.39, 0.29) is 6.42 Å². The fraction of sp³-hybridized carbons (Fsp3) is 0.444. The molecule has 3 nitrogen and oxygen atoms in total. The van der Waals surface area contributed by atoms with Gasteiger partial charge in [-0.15, -0.1) is 0 Å². The quantitative estimate of drug-likeness (QED) is 0.710. The van der Waals surface area contributed by atoms with E-state index in [4.69, 9.17) is 5.11 Å². The van der Waals surface area contributed by atoms with E-state index in [9.17, 15) is 4.79 Å². The zero-order valence-corrected chi connectivity index (χ0v) is 7.05. The molecule has 2 N–H and O–H groups in total. The molecule has 0 amide bonds. The van der Waals surface area contributed by atoms with Gasteiger partial charge in [-0.05, 0) is 24.5 Å². The summed E-state index contributed by atoms with van der Waals surface area (Å²) in [5, 5.41) is 8.41. The predicted octanol–water partition coefficient (Wildman–Crippen LogP) is 1.39. The molecular formula is C9H12NO2. The first-order chi connectivity index (χ1) is 5.72. The standard InChI is InChI=1S/C9H12NO2/c1-2-8-5-7(6-10-8)3-4-9(11)12/h5,10H,2-4H2,1H3,(H,11,12). The van der Waals surface area contributed by atoms with Crippen molar-refractivity contribution in [3.05, 3.63) is 23.5 Å². The number of aromatic nitrogens is 1. The maximum absolute atomic E-state index is 10.2. The molecule has 0 bridgehead atoms. The lowest BCUT2D eigenvalue weighted by atomic mass is 10.2. The Morgan fingerprint density at radius 2 is 2.50 bits per heavy atom. The van der Waals surface area contributed by atoms with Crippen molar-refractivity contribution < 1.29 is 9.90 Å². The number of hydrogen-bond acceptors (Lipinski definition) is 1. The third kappa shape index (κ3) is 2.42. The number of nitrogens with one attached hydrogen (secondary N) is 1. The van der Waals surface area contributed by atoms with E-state index in [1.54, 1.807) is 0 Å². The van der Waals surface area contributed by atoms with Crippen molar-refractivity contribution in [3.63, 3.8) is 0 Å². The number of aryl methyl sites for hydroxylation is 2.